The van der Waals surface area contributed by atoms with Crippen molar-refractivity contribution in [3.8, 4) is 0 Å². The Kier molecular flexibility index (Phi) is 3.80. The Bertz CT molecular complexity index is 521. The molecule has 1 fully saturated rings. The van der Waals surface area contributed by atoms with Gasteiger partial charge in [-0.25, -0.2) is 4.79 Å². The average molecular weight is 282 g/mol. The molecule has 1 aliphatic rings. The summed E-state index contributed by atoms with van der Waals surface area (Å²) < 4.78 is 0. The lowest BCUT2D eigenvalue weighted by molar-refractivity contribution is -0.124. The van der Waals surface area contributed by atoms with E-state index in [1.54, 1.807) is 6.07 Å². The molecule has 2 N–H and O–H groups in total. The molecule has 0 saturated heterocycles. The van der Waals surface area contributed by atoms with Gasteiger partial charge in [-0.15, -0.1) is 0 Å². The molecule has 5 heteroatoms. The highest BCUT2D eigenvalue weighted by Crippen LogP contribution is 2.38. The second-order valence-corrected chi connectivity index (χ2v) is 5.63. The number of rotatable bonds is 3. The minimum Gasteiger partial charge on any atom is -0.478 e. The average Bonchev–Trinajstić information content (AvgIpc) is 2.77. The smallest absolute Gasteiger partial charge is 0.337 e. The quantitative estimate of drug-likeness (QED) is 0.890. The predicted molar refractivity (Wildman–Crippen MR) is 73.6 cm³/mol. The highest BCUT2D eigenvalue weighted by molar-refractivity contribution is 6.33. The summed E-state index contributed by atoms with van der Waals surface area (Å²) in [5, 5.41) is 11.8. The van der Waals surface area contributed by atoms with E-state index in [2.05, 4.69) is 5.32 Å². The van der Waals surface area contributed by atoms with Crippen molar-refractivity contribution in [3.05, 3.63) is 28.8 Å². The maximum Gasteiger partial charge on any atom is 0.337 e. The number of carbonyl (C=O) groups is 2. The van der Waals surface area contributed by atoms with Gasteiger partial charge in [0.05, 0.1) is 10.6 Å². The minimum absolute atomic E-state index is 0.0239. The first-order chi connectivity index (χ1) is 8.92. The van der Waals surface area contributed by atoms with Crippen LogP contribution in [-0.2, 0) is 4.79 Å². The SMILES string of the molecule is CC1(C(=O)Nc2ccc(C(=O)O)c(Cl)c2)CCCC1. The first-order valence-electron chi connectivity index (χ1n) is 6.27. The summed E-state index contributed by atoms with van der Waals surface area (Å²) in [7, 11) is 0. The fourth-order valence-corrected chi connectivity index (χ4v) is 2.69. The van der Waals surface area contributed by atoms with E-state index in [4.69, 9.17) is 16.7 Å². The Hall–Kier alpha value is -1.55. The third-order valence-corrected chi connectivity index (χ3v) is 4.03. The molecule has 0 heterocycles. The van der Waals surface area contributed by atoms with Crippen LogP contribution in [0.15, 0.2) is 18.2 Å². The number of nitrogens with one attached hydrogen (secondary N) is 1. The van der Waals surface area contributed by atoms with Crippen molar-refractivity contribution in [3.63, 3.8) is 0 Å². The van der Waals surface area contributed by atoms with Crippen molar-refractivity contribution in [1.82, 2.24) is 0 Å². The molecule has 0 unspecified atom stereocenters. The molecule has 1 aliphatic carbocycles. The summed E-state index contributed by atoms with van der Waals surface area (Å²) >= 11 is 5.87. The summed E-state index contributed by atoms with van der Waals surface area (Å²) in [6.45, 7) is 1.96. The molecule has 4 nitrogen and oxygen atoms in total. The molecule has 1 saturated carbocycles. The van der Waals surface area contributed by atoms with Crippen LogP contribution in [0, 0.1) is 5.41 Å². The normalized spacial score (nSPS) is 17.2. The third kappa shape index (κ3) is 2.89. The summed E-state index contributed by atoms with van der Waals surface area (Å²) in [6.07, 6.45) is 3.92. The fourth-order valence-electron chi connectivity index (χ4n) is 2.43. The predicted octanol–water partition coefficient (Wildman–Crippen LogP) is 3.56. The van der Waals surface area contributed by atoms with E-state index in [0.717, 1.165) is 25.7 Å². The highest BCUT2D eigenvalue weighted by atomic mass is 35.5. The van der Waals surface area contributed by atoms with Crippen molar-refractivity contribution in [1.29, 1.82) is 0 Å². The zero-order valence-electron chi connectivity index (χ0n) is 10.7. The van der Waals surface area contributed by atoms with Gasteiger partial charge in [-0.2, -0.15) is 0 Å². The van der Waals surface area contributed by atoms with Gasteiger partial charge in [0.1, 0.15) is 0 Å². The van der Waals surface area contributed by atoms with Crippen molar-refractivity contribution in [2.24, 2.45) is 5.41 Å². The Balaban J connectivity index is 2.13. The molecular formula is C14H16ClNO3. The molecule has 19 heavy (non-hydrogen) atoms. The van der Waals surface area contributed by atoms with Crippen molar-refractivity contribution >= 4 is 29.2 Å². The molecule has 0 bridgehead atoms. The van der Waals surface area contributed by atoms with E-state index < -0.39 is 5.97 Å². The molecule has 0 radical (unpaired) electrons. The van der Waals surface area contributed by atoms with Crippen LogP contribution in [0.25, 0.3) is 0 Å². The van der Waals surface area contributed by atoms with Crippen LogP contribution in [0.2, 0.25) is 5.02 Å². The highest BCUT2D eigenvalue weighted by Gasteiger charge is 2.36. The number of hydrogen-bond acceptors (Lipinski definition) is 2. The lowest BCUT2D eigenvalue weighted by Crippen LogP contribution is -2.30. The molecule has 1 aromatic rings. The molecule has 0 spiro atoms. The van der Waals surface area contributed by atoms with E-state index in [9.17, 15) is 9.59 Å². The van der Waals surface area contributed by atoms with Crippen LogP contribution in [0.3, 0.4) is 0 Å². The van der Waals surface area contributed by atoms with Gasteiger partial charge in [-0.05, 0) is 31.0 Å². The minimum atomic E-state index is -1.08. The van der Waals surface area contributed by atoms with Crippen LogP contribution in [0.5, 0.6) is 0 Å². The number of halogens is 1. The number of benzene rings is 1. The maximum atomic E-state index is 12.2. The van der Waals surface area contributed by atoms with Gasteiger partial charge >= 0.3 is 5.97 Å². The van der Waals surface area contributed by atoms with E-state index >= 15 is 0 Å². The monoisotopic (exact) mass is 281 g/mol. The molecule has 102 valence electrons. The second kappa shape index (κ2) is 5.21. The summed E-state index contributed by atoms with van der Waals surface area (Å²) in [4.78, 5) is 23.0. The van der Waals surface area contributed by atoms with Crippen LogP contribution in [0.1, 0.15) is 43.0 Å². The van der Waals surface area contributed by atoms with Gasteiger partial charge in [0.15, 0.2) is 0 Å². The number of anilines is 1. The summed E-state index contributed by atoms with van der Waals surface area (Å²) in [5.41, 5.74) is 0.248. The van der Waals surface area contributed by atoms with Crippen molar-refractivity contribution in [2.45, 2.75) is 32.6 Å². The lowest BCUT2D eigenvalue weighted by atomic mass is 9.88. The number of carboxylic acids is 1. The largest absolute Gasteiger partial charge is 0.478 e. The number of carbonyl (C=O) groups excluding carboxylic acids is 1. The van der Waals surface area contributed by atoms with E-state index in [0.29, 0.717) is 5.69 Å². The van der Waals surface area contributed by atoms with Crippen molar-refractivity contribution < 1.29 is 14.7 Å². The summed E-state index contributed by atoms with van der Waals surface area (Å²) in [5.74, 6) is -1.10. The Morgan fingerprint density at radius 1 is 1.32 bits per heavy atom. The Labute approximate surface area is 116 Å². The van der Waals surface area contributed by atoms with Crippen LogP contribution in [-0.4, -0.2) is 17.0 Å². The summed E-state index contributed by atoms with van der Waals surface area (Å²) in [6, 6.07) is 4.43. The zero-order valence-corrected chi connectivity index (χ0v) is 11.5. The zero-order chi connectivity index (χ0) is 14.0. The third-order valence-electron chi connectivity index (χ3n) is 3.71. The van der Waals surface area contributed by atoms with Gasteiger partial charge in [0.2, 0.25) is 5.91 Å². The number of hydrogen-bond donors (Lipinski definition) is 2. The molecular weight excluding hydrogens is 266 g/mol. The van der Waals surface area contributed by atoms with Crippen LogP contribution < -0.4 is 5.32 Å². The van der Waals surface area contributed by atoms with Crippen LogP contribution >= 0.6 is 11.6 Å². The first-order valence-corrected chi connectivity index (χ1v) is 6.64. The van der Waals surface area contributed by atoms with Gasteiger partial charge in [-0.1, -0.05) is 31.4 Å². The van der Waals surface area contributed by atoms with E-state index in [-0.39, 0.29) is 21.9 Å². The van der Waals surface area contributed by atoms with Crippen molar-refractivity contribution in [2.75, 3.05) is 5.32 Å². The van der Waals surface area contributed by atoms with E-state index in [1.807, 2.05) is 6.92 Å². The van der Waals surface area contributed by atoms with Gasteiger partial charge in [0.25, 0.3) is 0 Å². The molecule has 2 rings (SSSR count). The Morgan fingerprint density at radius 2 is 1.95 bits per heavy atom. The van der Waals surface area contributed by atoms with Crippen LogP contribution in [0.4, 0.5) is 5.69 Å². The lowest BCUT2D eigenvalue weighted by Gasteiger charge is -2.22. The number of aromatic carboxylic acids is 1. The van der Waals surface area contributed by atoms with Gasteiger partial charge in [0, 0.05) is 11.1 Å². The topological polar surface area (TPSA) is 66.4 Å². The molecule has 0 aromatic heterocycles. The maximum absolute atomic E-state index is 12.2. The Morgan fingerprint density at radius 3 is 2.47 bits per heavy atom. The molecule has 1 aromatic carbocycles. The molecule has 1 amide bonds. The molecule has 0 aliphatic heterocycles. The fraction of sp³-hybridized carbons (Fsp3) is 0.429. The molecule has 0 atom stereocenters. The first kappa shape index (κ1) is 13.9. The standard InChI is InChI=1S/C14H16ClNO3/c1-14(6-2-3-7-14)13(19)16-9-4-5-10(12(17)18)11(15)8-9/h4-5,8H,2-3,6-7H2,1H3,(H,16,19)(H,17,18). The number of amides is 1. The second-order valence-electron chi connectivity index (χ2n) is 5.22. The number of carboxylic acid groups (broad SMARTS) is 1. The van der Waals surface area contributed by atoms with E-state index in [1.165, 1.54) is 12.1 Å². The van der Waals surface area contributed by atoms with Gasteiger partial charge in [-0.3, -0.25) is 4.79 Å². The van der Waals surface area contributed by atoms with Gasteiger partial charge < -0.3 is 10.4 Å².